The molecule has 10 rings (SSSR count). The highest BCUT2D eigenvalue weighted by Gasteiger charge is 2.28. The maximum absolute atomic E-state index is 11.2. The van der Waals surface area contributed by atoms with Crippen molar-refractivity contribution in [2.75, 3.05) is 0 Å². The van der Waals surface area contributed by atoms with Crippen LogP contribution in [0.1, 0.15) is 63.8 Å². The Morgan fingerprint density at radius 2 is 0.836 bits per heavy atom. The van der Waals surface area contributed by atoms with Gasteiger partial charge in [-0.25, -0.2) is 9.97 Å². The molecule has 0 unspecified atom stereocenters. The number of rotatable bonds is 3. The minimum atomic E-state index is -0.203. The van der Waals surface area contributed by atoms with Crippen molar-refractivity contribution in [3.8, 4) is 90.5 Å². The highest BCUT2D eigenvalue weighted by atomic mass is 14.8. The number of benzene rings is 6. The number of hydrogen-bond donors (Lipinski definition) is 1. The van der Waals surface area contributed by atoms with Crippen molar-refractivity contribution in [1.29, 1.82) is 10.5 Å². The van der Waals surface area contributed by atoms with Crippen molar-refractivity contribution < 1.29 is 0 Å². The number of aromatic amines is 1. The molecule has 4 heterocycles. The van der Waals surface area contributed by atoms with Crippen LogP contribution in [-0.4, -0.2) is 15.0 Å². The lowest BCUT2D eigenvalue weighted by molar-refractivity contribution is 0.590. The van der Waals surface area contributed by atoms with Crippen LogP contribution in [0, 0.1) is 22.7 Å². The van der Waals surface area contributed by atoms with Gasteiger partial charge in [0.05, 0.1) is 33.5 Å². The van der Waals surface area contributed by atoms with Gasteiger partial charge in [0.15, 0.2) is 0 Å². The Balaban J connectivity index is 1.47. The number of pyridine rings is 2. The summed E-state index contributed by atoms with van der Waals surface area (Å²) in [4.78, 5) is 14.9. The Bertz CT molecular complexity index is 3310. The molecule has 0 fully saturated rings. The van der Waals surface area contributed by atoms with E-state index < -0.39 is 0 Å². The summed E-state index contributed by atoms with van der Waals surface area (Å²) in [5.41, 5.74) is 16.1. The maximum Gasteiger partial charge on any atom is 0.109 e. The number of hydrogen-bond acceptors (Lipinski definition) is 4. The molecule has 9 aromatic rings. The summed E-state index contributed by atoms with van der Waals surface area (Å²) < 4.78 is 0. The number of aromatic nitrogens is 3. The molecule has 3 aromatic heterocycles. The van der Waals surface area contributed by atoms with Crippen molar-refractivity contribution in [2.24, 2.45) is 0 Å². The Hall–Kier alpha value is -7.60. The SMILES string of the molecule is CC(C)(C)c1cc2c3[nH]c4c(cc(C(C)(C)C)cc4c3c1)-c1cc(-c3ccccc3)c(C#N)c(n1)-c1nc(cc(-c3ccccc3)c1C#N)-c1cc(-c3ccccc3)cc-2c1. The van der Waals surface area contributed by atoms with Crippen LogP contribution >= 0.6 is 0 Å². The monoisotopic (exact) mass is 785 g/mol. The summed E-state index contributed by atoms with van der Waals surface area (Å²) in [6.45, 7) is 13.5. The van der Waals surface area contributed by atoms with Gasteiger partial charge in [0, 0.05) is 38.6 Å². The molecule has 1 aliphatic heterocycles. The molecule has 292 valence electrons. The van der Waals surface area contributed by atoms with Crippen molar-refractivity contribution in [2.45, 2.75) is 52.4 Å². The van der Waals surface area contributed by atoms with Gasteiger partial charge in [-0.2, -0.15) is 10.5 Å². The Labute approximate surface area is 356 Å². The van der Waals surface area contributed by atoms with Gasteiger partial charge in [-0.05, 0) is 104 Å². The summed E-state index contributed by atoms with van der Waals surface area (Å²) in [6, 6.07) is 55.5. The summed E-state index contributed by atoms with van der Waals surface area (Å²) in [7, 11) is 0. The normalized spacial score (nSPS) is 12.1. The molecule has 61 heavy (non-hydrogen) atoms. The summed E-state index contributed by atoms with van der Waals surface area (Å²) in [6.07, 6.45) is 0. The van der Waals surface area contributed by atoms with E-state index in [1.54, 1.807) is 0 Å². The highest BCUT2D eigenvalue weighted by Crippen LogP contribution is 2.46. The van der Waals surface area contributed by atoms with Gasteiger partial charge >= 0.3 is 0 Å². The van der Waals surface area contributed by atoms with Crippen LogP contribution in [0.4, 0.5) is 0 Å². The van der Waals surface area contributed by atoms with Crippen LogP contribution in [-0.2, 0) is 10.8 Å². The zero-order valence-electron chi connectivity index (χ0n) is 35.1. The quantitative estimate of drug-likeness (QED) is 0.193. The van der Waals surface area contributed by atoms with Gasteiger partial charge in [-0.1, -0.05) is 133 Å². The minimum Gasteiger partial charge on any atom is -0.353 e. The van der Waals surface area contributed by atoms with Crippen molar-refractivity contribution in [1.82, 2.24) is 15.0 Å². The first-order valence-corrected chi connectivity index (χ1v) is 20.8. The first-order valence-electron chi connectivity index (χ1n) is 20.8. The van der Waals surface area contributed by atoms with Gasteiger partial charge in [-0.15, -0.1) is 0 Å². The molecule has 0 atom stereocenters. The molecule has 8 bridgehead atoms. The van der Waals surface area contributed by atoms with Gasteiger partial charge in [0.2, 0.25) is 0 Å². The average molecular weight is 786 g/mol. The van der Waals surface area contributed by atoms with Gasteiger partial charge in [-0.3, -0.25) is 0 Å². The molecule has 5 heteroatoms. The van der Waals surface area contributed by atoms with Crippen LogP contribution in [0.15, 0.2) is 146 Å². The van der Waals surface area contributed by atoms with E-state index in [2.05, 4.69) is 125 Å². The molecular weight excluding hydrogens is 743 g/mol. The Morgan fingerprint density at radius 1 is 0.410 bits per heavy atom. The highest BCUT2D eigenvalue weighted by molar-refractivity contribution is 6.16. The van der Waals surface area contributed by atoms with E-state index in [-0.39, 0.29) is 10.8 Å². The fourth-order valence-electron chi connectivity index (χ4n) is 8.76. The fourth-order valence-corrected chi connectivity index (χ4v) is 8.76. The van der Waals surface area contributed by atoms with E-state index in [1.165, 1.54) is 5.56 Å². The largest absolute Gasteiger partial charge is 0.353 e. The van der Waals surface area contributed by atoms with Crippen LogP contribution < -0.4 is 0 Å². The lowest BCUT2D eigenvalue weighted by atomic mass is 9.82. The molecule has 1 aliphatic rings. The summed E-state index contributed by atoms with van der Waals surface area (Å²) in [5, 5.41) is 24.6. The van der Waals surface area contributed by atoms with Crippen molar-refractivity contribution in [3.05, 3.63) is 168 Å². The van der Waals surface area contributed by atoms with Crippen LogP contribution in [0.2, 0.25) is 0 Å². The predicted octanol–water partition coefficient (Wildman–Crippen LogP) is 14.4. The van der Waals surface area contributed by atoms with Crippen molar-refractivity contribution >= 4 is 21.8 Å². The van der Waals surface area contributed by atoms with E-state index in [0.717, 1.165) is 83.0 Å². The second-order valence-corrected chi connectivity index (χ2v) is 18.2. The Kier molecular flexibility index (Phi) is 8.65. The second-order valence-electron chi connectivity index (χ2n) is 18.2. The fraction of sp³-hybridized carbons (Fsp3) is 0.143. The molecule has 0 spiro atoms. The predicted molar refractivity (Wildman–Crippen MR) is 250 cm³/mol. The maximum atomic E-state index is 11.2. The van der Waals surface area contributed by atoms with Gasteiger partial charge in [0.1, 0.15) is 23.5 Å². The zero-order valence-corrected chi connectivity index (χ0v) is 35.1. The number of nitrogens with zero attached hydrogens (tertiary/aromatic N) is 4. The standard InChI is InChI=1S/C56H43N5/c1-55(2,3)39-25-43-37-22-36(33-16-10-7-11-17-33)23-38(24-37)49-29-41(34-18-12-8-13-19-34)47(31-57)53(59-49)54-48(32-58)42(35-20-14-9-15-21-35)30-50(60-54)46-28-40(56(4,5)6)27-45-44(26-39)51(43)61-52(45)46/h7-30,61H,1-6H3. The minimum absolute atomic E-state index is 0.151. The summed E-state index contributed by atoms with van der Waals surface area (Å²) in [5.74, 6) is 0. The molecule has 5 nitrogen and oxygen atoms in total. The molecule has 0 saturated carbocycles. The third-order valence-electron chi connectivity index (χ3n) is 12.1. The first kappa shape index (κ1) is 37.7. The van der Waals surface area contributed by atoms with E-state index in [4.69, 9.17) is 9.97 Å². The van der Waals surface area contributed by atoms with Crippen molar-refractivity contribution in [3.63, 3.8) is 0 Å². The molecule has 0 radical (unpaired) electrons. The topological polar surface area (TPSA) is 89.2 Å². The third kappa shape index (κ3) is 6.38. The smallest absolute Gasteiger partial charge is 0.109 e. The third-order valence-corrected chi connectivity index (χ3v) is 12.1. The van der Waals surface area contributed by atoms with E-state index in [9.17, 15) is 10.5 Å². The molecule has 1 N–H and O–H groups in total. The number of nitriles is 2. The Morgan fingerprint density at radius 3 is 1.34 bits per heavy atom. The van der Waals surface area contributed by atoms with Crippen LogP contribution in [0.3, 0.4) is 0 Å². The second kappa shape index (κ2) is 14.0. The summed E-state index contributed by atoms with van der Waals surface area (Å²) >= 11 is 0. The van der Waals surface area contributed by atoms with Crippen LogP contribution in [0.25, 0.3) is 100 Å². The van der Waals surface area contributed by atoms with E-state index in [1.807, 2.05) is 78.9 Å². The van der Waals surface area contributed by atoms with E-state index in [0.29, 0.717) is 33.9 Å². The zero-order chi connectivity index (χ0) is 42.2. The molecule has 6 aromatic carbocycles. The lowest BCUT2D eigenvalue weighted by Gasteiger charge is -2.22. The van der Waals surface area contributed by atoms with Crippen LogP contribution in [0.5, 0.6) is 0 Å². The number of H-pyrrole nitrogens is 1. The van der Waals surface area contributed by atoms with E-state index >= 15 is 0 Å². The van der Waals surface area contributed by atoms with Gasteiger partial charge < -0.3 is 4.98 Å². The average Bonchev–Trinajstić information content (AvgIpc) is 3.66. The van der Waals surface area contributed by atoms with Gasteiger partial charge in [0.25, 0.3) is 0 Å². The molecular formula is C56H43N5. The molecule has 0 amide bonds. The molecule has 0 aliphatic carbocycles. The number of nitrogens with one attached hydrogen (secondary N) is 1. The molecule has 0 saturated heterocycles. The first-order chi connectivity index (χ1) is 29.4. The lowest BCUT2D eigenvalue weighted by Crippen LogP contribution is -2.11. The number of fused-ring (bicyclic) bond motifs is 11.